The number of benzene rings is 1. The molecule has 6 heteroatoms. The number of amides is 1. The molecule has 4 atom stereocenters. The second-order valence-electron chi connectivity index (χ2n) is 10.8. The molecule has 1 aromatic rings. The summed E-state index contributed by atoms with van der Waals surface area (Å²) >= 11 is 0. The lowest BCUT2D eigenvalue weighted by Crippen LogP contribution is -2.49. The van der Waals surface area contributed by atoms with Crippen LogP contribution < -0.4 is 5.73 Å². The van der Waals surface area contributed by atoms with Gasteiger partial charge in [0.2, 0.25) is 0 Å². The largest absolute Gasteiger partial charge is 0.464 e. The summed E-state index contributed by atoms with van der Waals surface area (Å²) in [6.07, 6.45) is -0.545. The zero-order valence-corrected chi connectivity index (χ0v) is 20.6. The molecule has 0 saturated carbocycles. The Balaban J connectivity index is 2.73. The number of nitrogens with zero attached hydrogens (tertiary/aromatic N) is 1. The molecule has 6 nitrogen and oxygen atoms in total. The van der Waals surface area contributed by atoms with Crippen molar-refractivity contribution in [1.82, 2.24) is 4.90 Å². The van der Waals surface area contributed by atoms with E-state index >= 15 is 0 Å². The third-order valence-corrected chi connectivity index (χ3v) is 5.79. The number of esters is 1. The van der Waals surface area contributed by atoms with Crippen molar-refractivity contribution in [3.8, 4) is 0 Å². The lowest BCUT2D eigenvalue weighted by atomic mass is 9.72. The van der Waals surface area contributed by atoms with E-state index in [2.05, 4.69) is 19.9 Å². The van der Waals surface area contributed by atoms with Crippen LogP contribution in [0.2, 0.25) is 0 Å². The van der Waals surface area contributed by atoms with Crippen molar-refractivity contribution in [2.45, 2.75) is 92.0 Å². The van der Waals surface area contributed by atoms with Gasteiger partial charge in [-0.1, -0.05) is 58.9 Å². The number of carbonyl (C=O) groups excluding carboxylic acids is 2. The quantitative estimate of drug-likeness (QED) is 0.675. The molecule has 174 valence electrons. The SMILES string of the molecule is CCOC(=O)[C@@H]1[C@@H](C(C)(C)C)[C@H](N)[C@H](c2ccccc2C(C)C)N1C(=O)OC(C)(C)C. The minimum atomic E-state index is -0.824. The topological polar surface area (TPSA) is 81.9 Å². The summed E-state index contributed by atoms with van der Waals surface area (Å²) in [4.78, 5) is 28.2. The number of rotatable bonds is 4. The van der Waals surface area contributed by atoms with Gasteiger partial charge in [0.1, 0.15) is 11.6 Å². The number of nitrogens with two attached hydrogens (primary N) is 1. The van der Waals surface area contributed by atoms with Crippen molar-refractivity contribution in [3.05, 3.63) is 35.4 Å². The summed E-state index contributed by atoms with van der Waals surface area (Å²) in [6.45, 7) is 17.8. The minimum absolute atomic E-state index is 0.233. The van der Waals surface area contributed by atoms with Crippen LogP contribution in [-0.4, -0.2) is 41.3 Å². The van der Waals surface area contributed by atoms with E-state index in [4.69, 9.17) is 15.2 Å². The third kappa shape index (κ3) is 5.40. The number of ether oxygens (including phenoxy) is 2. The van der Waals surface area contributed by atoms with Crippen LogP contribution in [0.4, 0.5) is 4.79 Å². The van der Waals surface area contributed by atoms with Crippen LogP contribution in [0.5, 0.6) is 0 Å². The molecule has 1 aliphatic rings. The van der Waals surface area contributed by atoms with Crippen molar-refractivity contribution in [2.75, 3.05) is 6.61 Å². The Bertz CT molecular complexity index is 791. The molecule has 0 spiro atoms. The molecule has 1 amide bonds. The Morgan fingerprint density at radius 1 is 1.10 bits per heavy atom. The lowest BCUT2D eigenvalue weighted by Gasteiger charge is -2.35. The van der Waals surface area contributed by atoms with Gasteiger partial charge in [0, 0.05) is 12.0 Å². The van der Waals surface area contributed by atoms with E-state index in [0.29, 0.717) is 0 Å². The highest BCUT2D eigenvalue weighted by molar-refractivity contribution is 5.84. The molecule has 0 bridgehead atoms. The maximum absolute atomic E-state index is 13.5. The average molecular weight is 433 g/mol. The molecule has 31 heavy (non-hydrogen) atoms. The van der Waals surface area contributed by atoms with Crippen LogP contribution in [0.25, 0.3) is 0 Å². The van der Waals surface area contributed by atoms with E-state index in [1.165, 1.54) is 0 Å². The standard InChI is InChI=1S/C25H40N2O4/c1-10-30-22(28)21-18(24(4,5)6)19(26)20(27(21)23(29)31-25(7,8)9)17-14-12-11-13-16(17)15(2)3/h11-15,18-21H,10,26H2,1-9H3/t18-,19-,20-,21-/m0/s1. The van der Waals surface area contributed by atoms with Crippen molar-refractivity contribution >= 4 is 12.1 Å². The van der Waals surface area contributed by atoms with Crippen molar-refractivity contribution in [2.24, 2.45) is 17.1 Å². The molecule has 0 aromatic heterocycles. The summed E-state index contributed by atoms with van der Waals surface area (Å²) in [5, 5.41) is 0. The Morgan fingerprint density at radius 3 is 2.16 bits per heavy atom. The summed E-state index contributed by atoms with van der Waals surface area (Å²) in [5.74, 6) is -0.504. The molecular weight excluding hydrogens is 392 g/mol. The van der Waals surface area contributed by atoms with Gasteiger partial charge in [-0.15, -0.1) is 0 Å². The Kier molecular flexibility index (Phi) is 7.47. The van der Waals surface area contributed by atoms with Crippen LogP contribution in [0.3, 0.4) is 0 Å². The maximum Gasteiger partial charge on any atom is 0.411 e. The third-order valence-electron chi connectivity index (χ3n) is 5.79. The van der Waals surface area contributed by atoms with Gasteiger partial charge < -0.3 is 15.2 Å². The van der Waals surface area contributed by atoms with Crippen molar-refractivity contribution in [3.63, 3.8) is 0 Å². The van der Waals surface area contributed by atoms with Crippen LogP contribution >= 0.6 is 0 Å². The van der Waals surface area contributed by atoms with Gasteiger partial charge >= 0.3 is 12.1 Å². The Morgan fingerprint density at radius 2 is 1.68 bits per heavy atom. The van der Waals surface area contributed by atoms with E-state index in [9.17, 15) is 9.59 Å². The van der Waals surface area contributed by atoms with Gasteiger partial charge in [-0.3, -0.25) is 4.90 Å². The first kappa shape index (κ1) is 25.2. The zero-order valence-electron chi connectivity index (χ0n) is 20.6. The van der Waals surface area contributed by atoms with Gasteiger partial charge in [0.05, 0.1) is 12.6 Å². The molecule has 1 aromatic carbocycles. The van der Waals surface area contributed by atoms with Crippen LogP contribution in [0, 0.1) is 11.3 Å². The number of carbonyl (C=O) groups is 2. The first-order chi connectivity index (χ1) is 14.2. The van der Waals surface area contributed by atoms with E-state index in [1.807, 2.05) is 59.7 Å². The van der Waals surface area contributed by atoms with E-state index in [-0.39, 0.29) is 23.9 Å². The van der Waals surface area contributed by atoms with Gasteiger partial charge in [0.25, 0.3) is 0 Å². The van der Waals surface area contributed by atoms with E-state index < -0.39 is 35.8 Å². The highest BCUT2D eigenvalue weighted by atomic mass is 16.6. The fraction of sp³-hybridized carbons (Fsp3) is 0.680. The van der Waals surface area contributed by atoms with Gasteiger partial charge in [-0.05, 0) is 50.2 Å². The Hall–Kier alpha value is -2.08. The molecule has 0 aliphatic carbocycles. The molecular formula is C25H40N2O4. The first-order valence-electron chi connectivity index (χ1n) is 11.2. The summed E-state index contributed by atoms with van der Waals surface area (Å²) < 4.78 is 11.2. The molecule has 1 heterocycles. The molecule has 2 N–H and O–H groups in total. The second-order valence-corrected chi connectivity index (χ2v) is 10.8. The van der Waals surface area contributed by atoms with E-state index in [1.54, 1.807) is 11.8 Å². The fourth-order valence-corrected chi connectivity index (χ4v) is 4.68. The van der Waals surface area contributed by atoms with Crippen LogP contribution in [0.15, 0.2) is 24.3 Å². The highest BCUT2D eigenvalue weighted by Gasteiger charge is 2.58. The van der Waals surface area contributed by atoms with Crippen molar-refractivity contribution < 1.29 is 19.1 Å². The minimum Gasteiger partial charge on any atom is -0.464 e. The number of hydrogen-bond acceptors (Lipinski definition) is 5. The molecule has 2 rings (SSSR count). The summed E-state index contributed by atoms with van der Waals surface area (Å²) in [7, 11) is 0. The second kappa shape index (κ2) is 9.19. The molecule has 1 aliphatic heterocycles. The molecule has 1 fully saturated rings. The number of hydrogen-bond donors (Lipinski definition) is 1. The fourth-order valence-electron chi connectivity index (χ4n) is 4.68. The average Bonchev–Trinajstić information content (AvgIpc) is 2.93. The summed E-state index contributed by atoms with van der Waals surface area (Å²) in [5.41, 5.74) is 7.89. The Labute approximate surface area is 187 Å². The van der Waals surface area contributed by atoms with Gasteiger partial charge in [0.15, 0.2) is 0 Å². The highest BCUT2D eigenvalue weighted by Crippen LogP contribution is 2.49. The van der Waals surface area contributed by atoms with Crippen molar-refractivity contribution in [1.29, 1.82) is 0 Å². The van der Waals surface area contributed by atoms with Gasteiger partial charge in [-0.25, -0.2) is 9.59 Å². The smallest absolute Gasteiger partial charge is 0.411 e. The predicted molar refractivity (Wildman–Crippen MR) is 123 cm³/mol. The van der Waals surface area contributed by atoms with Gasteiger partial charge in [-0.2, -0.15) is 0 Å². The first-order valence-corrected chi connectivity index (χ1v) is 11.2. The monoisotopic (exact) mass is 432 g/mol. The van der Waals surface area contributed by atoms with Crippen LogP contribution in [0.1, 0.15) is 85.4 Å². The number of likely N-dealkylation sites (tertiary alicyclic amines) is 1. The maximum atomic E-state index is 13.5. The molecule has 0 unspecified atom stereocenters. The molecule has 1 saturated heterocycles. The normalized spacial score (nSPS) is 24.4. The lowest BCUT2D eigenvalue weighted by molar-refractivity contribution is -0.151. The molecule has 0 radical (unpaired) electrons. The van der Waals surface area contributed by atoms with Crippen LogP contribution in [-0.2, 0) is 14.3 Å². The van der Waals surface area contributed by atoms with E-state index in [0.717, 1.165) is 11.1 Å². The predicted octanol–water partition coefficient (Wildman–Crippen LogP) is 5.02. The summed E-state index contributed by atoms with van der Waals surface area (Å²) in [6, 6.07) is 6.23. The zero-order chi connectivity index (χ0) is 23.7.